The van der Waals surface area contributed by atoms with E-state index >= 15 is 0 Å². The van der Waals surface area contributed by atoms with Crippen LogP contribution in [0.3, 0.4) is 0 Å². The molecule has 4 rings (SSSR count). The zero-order valence-corrected chi connectivity index (χ0v) is 15.6. The predicted octanol–water partition coefficient (Wildman–Crippen LogP) is 2.56. The van der Waals surface area contributed by atoms with Crippen molar-refractivity contribution in [3.8, 4) is 0 Å². The van der Waals surface area contributed by atoms with Crippen LogP contribution in [0.2, 0.25) is 0 Å². The van der Waals surface area contributed by atoms with Gasteiger partial charge in [-0.1, -0.05) is 0 Å². The summed E-state index contributed by atoms with van der Waals surface area (Å²) in [6.45, 7) is 3.04. The fourth-order valence-electron chi connectivity index (χ4n) is 4.27. The summed E-state index contributed by atoms with van der Waals surface area (Å²) in [4.78, 5) is 36.3. The van der Waals surface area contributed by atoms with Crippen molar-refractivity contribution in [1.82, 2.24) is 19.8 Å². The lowest BCUT2D eigenvalue weighted by molar-refractivity contribution is -0.138. The van der Waals surface area contributed by atoms with E-state index in [1.54, 1.807) is 17.7 Å². The number of likely N-dealkylation sites (tertiary alicyclic amines) is 2. The van der Waals surface area contributed by atoms with Crippen molar-refractivity contribution in [2.45, 2.75) is 32.1 Å². The molecule has 2 aromatic rings. The number of amides is 2. The molecule has 138 valence electrons. The summed E-state index contributed by atoms with van der Waals surface area (Å²) in [5, 5.41) is 3.87. The van der Waals surface area contributed by atoms with E-state index in [1.807, 2.05) is 32.8 Å². The maximum Gasteiger partial charge on any atom is 0.254 e. The summed E-state index contributed by atoms with van der Waals surface area (Å²) in [6, 6.07) is 1.90. The third kappa shape index (κ3) is 3.53. The molecule has 2 saturated heterocycles. The Balaban J connectivity index is 1.43. The van der Waals surface area contributed by atoms with Crippen LogP contribution >= 0.6 is 11.3 Å². The third-order valence-corrected chi connectivity index (χ3v) is 6.35. The number of thiophene rings is 1. The highest BCUT2D eigenvalue weighted by atomic mass is 32.1. The van der Waals surface area contributed by atoms with Gasteiger partial charge in [0.15, 0.2) is 0 Å². The number of imidazole rings is 1. The van der Waals surface area contributed by atoms with Crippen molar-refractivity contribution in [3.05, 3.63) is 40.6 Å². The van der Waals surface area contributed by atoms with Gasteiger partial charge in [0.05, 0.1) is 11.9 Å². The van der Waals surface area contributed by atoms with E-state index in [4.69, 9.17) is 0 Å². The molecule has 0 saturated carbocycles. The van der Waals surface area contributed by atoms with E-state index in [-0.39, 0.29) is 17.2 Å². The monoisotopic (exact) mass is 372 g/mol. The lowest BCUT2D eigenvalue weighted by Gasteiger charge is -2.48. The zero-order chi connectivity index (χ0) is 18.0. The molecule has 0 bridgehead atoms. The molecule has 26 heavy (non-hydrogen) atoms. The number of nitrogens with one attached hydrogen (secondary N) is 1. The SMILES string of the molecule is O=C1CC[C@]2(CCCN(C(=O)c3ccsc3)C2)CN1CCc1cnc[nH]1. The summed E-state index contributed by atoms with van der Waals surface area (Å²) in [6.07, 6.45) is 7.85. The quantitative estimate of drug-likeness (QED) is 0.897. The van der Waals surface area contributed by atoms with Crippen molar-refractivity contribution in [3.63, 3.8) is 0 Å². The number of aromatic nitrogens is 2. The van der Waals surface area contributed by atoms with E-state index in [0.717, 1.165) is 56.6 Å². The highest BCUT2D eigenvalue weighted by Gasteiger charge is 2.42. The molecule has 1 spiro atoms. The molecule has 0 aliphatic carbocycles. The second-order valence-corrected chi connectivity index (χ2v) is 8.26. The van der Waals surface area contributed by atoms with Crippen molar-refractivity contribution in [1.29, 1.82) is 0 Å². The molecule has 2 aliphatic heterocycles. The molecule has 2 amide bonds. The number of H-pyrrole nitrogens is 1. The summed E-state index contributed by atoms with van der Waals surface area (Å²) in [5.74, 6) is 0.364. The van der Waals surface area contributed by atoms with Crippen LogP contribution in [0, 0.1) is 5.41 Å². The van der Waals surface area contributed by atoms with Gasteiger partial charge in [-0.15, -0.1) is 0 Å². The van der Waals surface area contributed by atoms with E-state index < -0.39 is 0 Å². The van der Waals surface area contributed by atoms with Gasteiger partial charge >= 0.3 is 0 Å². The van der Waals surface area contributed by atoms with Crippen molar-refractivity contribution in [2.75, 3.05) is 26.2 Å². The lowest BCUT2D eigenvalue weighted by atomic mass is 9.73. The smallest absolute Gasteiger partial charge is 0.254 e. The van der Waals surface area contributed by atoms with E-state index in [0.29, 0.717) is 13.0 Å². The van der Waals surface area contributed by atoms with E-state index in [9.17, 15) is 9.59 Å². The number of hydrogen-bond acceptors (Lipinski definition) is 4. The molecule has 0 radical (unpaired) electrons. The minimum absolute atomic E-state index is 0.0474. The van der Waals surface area contributed by atoms with Gasteiger partial charge in [0.25, 0.3) is 5.91 Å². The van der Waals surface area contributed by atoms with Crippen LogP contribution in [0.15, 0.2) is 29.4 Å². The van der Waals surface area contributed by atoms with Gasteiger partial charge < -0.3 is 14.8 Å². The van der Waals surface area contributed by atoms with Crippen molar-refractivity contribution >= 4 is 23.2 Å². The molecule has 0 aromatic carbocycles. The minimum atomic E-state index is 0.0474. The number of aromatic amines is 1. The number of piperidine rings is 2. The van der Waals surface area contributed by atoms with Crippen LogP contribution in [0.25, 0.3) is 0 Å². The first-order valence-corrected chi connectivity index (χ1v) is 10.2. The first-order valence-electron chi connectivity index (χ1n) is 9.22. The average Bonchev–Trinajstić information content (AvgIpc) is 3.36. The highest BCUT2D eigenvalue weighted by molar-refractivity contribution is 7.08. The Labute approximate surface area is 157 Å². The van der Waals surface area contributed by atoms with Crippen LogP contribution in [-0.2, 0) is 11.2 Å². The third-order valence-electron chi connectivity index (χ3n) is 5.67. The number of carbonyl (C=O) groups excluding carboxylic acids is 2. The standard InChI is InChI=1S/C19H24N4O2S/c24-17-2-6-19(12-22(17)8-3-16-10-20-14-21-16)5-1-7-23(13-19)18(25)15-4-9-26-11-15/h4,9-11,14H,1-3,5-8,12-13H2,(H,20,21)/t19-/m1/s1. The summed E-state index contributed by atoms with van der Waals surface area (Å²) in [5.41, 5.74) is 1.89. The summed E-state index contributed by atoms with van der Waals surface area (Å²) < 4.78 is 0. The lowest BCUT2D eigenvalue weighted by Crippen LogP contribution is -2.55. The van der Waals surface area contributed by atoms with Gasteiger partial charge in [-0.2, -0.15) is 11.3 Å². The Morgan fingerprint density at radius 2 is 2.27 bits per heavy atom. The van der Waals surface area contributed by atoms with Gasteiger partial charge in [-0.05, 0) is 30.7 Å². The topological polar surface area (TPSA) is 69.3 Å². The molecular weight excluding hydrogens is 348 g/mol. The van der Waals surface area contributed by atoms with Crippen LogP contribution in [-0.4, -0.2) is 57.8 Å². The Hall–Kier alpha value is -2.15. The highest BCUT2D eigenvalue weighted by Crippen LogP contribution is 2.39. The van der Waals surface area contributed by atoms with Gasteiger partial charge in [0.1, 0.15) is 0 Å². The number of nitrogens with zero attached hydrogens (tertiary/aromatic N) is 3. The molecule has 4 heterocycles. The molecule has 1 atom stereocenters. The minimum Gasteiger partial charge on any atom is -0.348 e. The average molecular weight is 372 g/mol. The Bertz CT molecular complexity index is 759. The first-order chi connectivity index (χ1) is 12.7. The van der Waals surface area contributed by atoms with Gasteiger partial charge in [-0.25, -0.2) is 4.98 Å². The molecule has 1 N–H and O–H groups in total. The molecule has 2 aromatic heterocycles. The van der Waals surface area contributed by atoms with Crippen LogP contribution in [0.1, 0.15) is 41.7 Å². The van der Waals surface area contributed by atoms with Crippen molar-refractivity contribution in [2.24, 2.45) is 5.41 Å². The fourth-order valence-corrected chi connectivity index (χ4v) is 4.90. The molecular formula is C19H24N4O2S. The van der Waals surface area contributed by atoms with Gasteiger partial charge in [0, 0.05) is 61.7 Å². The summed E-state index contributed by atoms with van der Waals surface area (Å²) in [7, 11) is 0. The Morgan fingerprint density at radius 3 is 3.04 bits per heavy atom. The van der Waals surface area contributed by atoms with E-state index in [1.165, 1.54) is 0 Å². The second-order valence-electron chi connectivity index (χ2n) is 7.48. The van der Waals surface area contributed by atoms with Crippen LogP contribution in [0.5, 0.6) is 0 Å². The Morgan fingerprint density at radius 1 is 1.35 bits per heavy atom. The van der Waals surface area contributed by atoms with Gasteiger partial charge in [-0.3, -0.25) is 9.59 Å². The number of carbonyl (C=O) groups is 2. The van der Waals surface area contributed by atoms with Crippen molar-refractivity contribution < 1.29 is 9.59 Å². The largest absolute Gasteiger partial charge is 0.348 e. The Kier molecular flexibility index (Phi) is 4.80. The molecule has 2 aliphatic rings. The number of rotatable bonds is 4. The predicted molar refractivity (Wildman–Crippen MR) is 100.0 cm³/mol. The molecule has 0 unspecified atom stereocenters. The fraction of sp³-hybridized carbons (Fsp3) is 0.526. The normalized spacial score (nSPS) is 23.6. The first kappa shape index (κ1) is 17.3. The molecule has 6 nitrogen and oxygen atoms in total. The van der Waals surface area contributed by atoms with Crippen LogP contribution in [0.4, 0.5) is 0 Å². The number of hydrogen-bond donors (Lipinski definition) is 1. The van der Waals surface area contributed by atoms with Gasteiger partial charge in [0.2, 0.25) is 5.91 Å². The van der Waals surface area contributed by atoms with E-state index in [2.05, 4.69) is 9.97 Å². The zero-order valence-electron chi connectivity index (χ0n) is 14.8. The maximum atomic E-state index is 12.8. The summed E-state index contributed by atoms with van der Waals surface area (Å²) >= 11 is 1.56. The maximum absolute atomic E-state index is 12.8. The molecule has 2 fully saturated rings. The van der Waals surface area contributed by atoms with Crippen LogP contribution < -0.4 is 0 Å². The molecule has 7 heteroatoms. The second kappa shape index (κ2) is 7.23.